The Kier molecular flexibility index (Phi) is 4.46. The first-order valence-electron chi connectivity index (χ1n) is 6.94. The minimum Gasteiger partial charge on any atom is -0.365 e. The van der Waals surface area contributed by atoms with Crippen molar-refractivity contribution in [1.82, 2.24) is 9.97 Å². The highest BCUT2D eigenvalue weighted by Crippen LogP contribution is 2.26. The van der Waals surface area contributed by atoms with Crippen molar-refractivity contribution in [3.8, 4) is 6.07 Å². The van der Waals surface area contributed by atoms with E-state index in [1.54, 1.807) is 0 Å². The van der Waals surface area contributed by atoms with Crippen LogP contribution >= 0.6 is 27.5 Å². The third-order valence-corrected chi connectivity index (χ3v) is 4.31. The molecule has 1 heterocycles. The molecule has 0 unspecified atom stereocenters. The summed E-state index contributed by atoms with van der Waals surface area (Å²) >= 11 is 9.47. The standard InChI is InChI=1S/C17H12BrClN4/c1-10-11(8-20)3-2-4-12(10)9-21-16-14-7-13(18)5-6-15(14)22-17(19)23-16/h2-7H,9H2,1H3,(H,21,22,23). The van der Waals surface area contributed by atoms with E-state index in [1.807, 2.05) is 43.3 Å². The van der Waals surface area contributed by atoms with Gasteiger partial charge in [-0.05, 0) is 53.9 Å². The van der Waals surface area contributed by atoms with E-state index in [0.717, 1.165) is 26.5 Å². The van der Waals surface area contributed by atoms with Crippen LogP contribution in [0, 0.1) is 18.3 Å². The molecule has 0 aliphatic rings. The van der Waals surface area contributed by atoms with Crippen molar-refractivity contribution < 1.29 is 0 Å². The van der Waals surface area contributed by atoms with Gasteiger partial charge in [-0.15, -0.1) is 0 Å². The van der Waals surface area contributed by atoms with Gasteiger partial charge in [0.1, 0.15) is 5.82 Å². The smallest absolute Gasteiger partial charge is 0.224 e. The van der Waals surface area contributed by atoms with Crippen LogP contribution in [0.4, 0.5) is 5.82 Å². The Morgan fingerprint density at radius 3 is 2.87 bits per heavy atom. The Morgan fingerprint density at radius 2 is 2.09 bits per heavy atom. The molecule has 114 valence electrons. The number of nitrogens with one attached hydrogen (secondary N) is 1. The number of aromatic nitrogens is 2. The Labute approximate surface area is 147 Å². The van der Waals surface area contributed by atoms with E-state index < -0.39 is 0 Å². The molecule has 0 saturated carbocycles. The average molecular weight is 388 g/mol. The summed E-state index contributed by atoms with van der Waals surface area (Å²) < 4.78 is 0.946. The molecular weight excluding hydrogens is 376 g/mol. The quantitative estimate of drug-likeness (QED) is 0.653. The second-order valence-corrected chi connectivity index (χ2v) is 6.31. The summed E-state index contributed by atoms with van der Waals surface area (Å²) in [5.74, 6) is 0.670. The van der Waals surface area contributed by atoms with Gasteiger partial charge in [0, 0.05) is 16.4 Å². The first-order chi connectivity index (χ1) is 11.1. The second kappa shape index (κ2) is 6.53. The summed E-state index contributed by atoms with van der Waals surface area (Å²) in [6.45, 7) is 2.49. The molecule has 0 bridgehead atoms. The first-order valence-corrected chi connectivity index (χ1v) is 8.11. The van der Waals surface area contributed by atoms with Gasteiger partial charge in [-0.1, -0.05) is 28.1 Å². The summed E-state index contributed by atoms with van der Waals surface area (Å²) in [4.78, 5) is 8.51. The van der Waals surface area contributed by atoms with Crippen LogP contribution < -0.4 is 5.32 Å². The number of anilines is 1. The topological polar surface area (TPSA) is 61.6 Å². The van der Waals surface area contributed by atoms with E-state index in [4.69, 9.17) is 16.9 Å². The van der Waals surface area contributed by atoms with Gasteiger partial charge >= 0.3 is 0 Å². The molecule has 0 aliphatic carbocycles. The van der Waals surface area contributed by atoms with Crippen LogP contribution in [-0.4, -0.2) is 9.97 Å². The number of fused-ring (bicyclic) bond motifs is 1. The number of nitrogens with zero attached hydrogens (tertiary/aromatic N) is 3. The van der Waals surface area contributed by atoms with Crippen LogP contribution in [0.5, 0.6) is 0 Å². The third kappa shape index (κ3) is 3.29. The fourth-order valence-electron chi connectivity index (χ4n) is 2.38. The summed E-state index contributed by atoms with van der Waals surface area (Å²) in [5, 5.41) is 13.5. The maximum atomic E-state index is 9.12. The highest BCUT2D eigenvalue weighted by molar-refractivity contribution is 9.10. The molecule has 0 amide bonds. The van der Waals surface area contributed by atoms with Crippen LogP contribution in [0.15, 0.2) is 40.9 Å². The Morgan fingerprint density at radius 1 is 1.26 bits per heavy atom. The van der Waals surface area contributed by atoms with Gasteiger partial charge in [-0.25, -0.2) is 9.97 Å². The lowest BCUT2D eigenvalue weighted by molar-refractivity contribution is 1.08. The summed E-state index contributed by atoms with van der Waals surface area (Å²) in [5.41, 5.74) is 3.46. The van der Waals surface area contributed by atoms with E-state index >= 15 is 0 Å². The Balaban J connectivity index is 1.96. The number of rotatable bonds is 3. The monoisotopic (exact) mass is 386 g/mol. The molecule has 6 heteroatoms. The van der Waals surface area contributed by atoms with Crippen LogP contribution in [0.1, 0.15) is 16.7 Å². The zero-order valence-electron chi connectivity index (χ0n) is 12.3. The molecule has 1 aromatic heterocycles. The molecule has 0 fully saturated rings. The Bertz CT molecular complexity index is 934. The van der Waals surface area contributed by atoms with Crippen molar-refractivity contribution in [2.45, 2.75) is 13.5 Å². The van der Waals surface area contributed by atoms with E-state index in [0.29, 0.717) is 17.9 Å². The summed E-state index contributed by atoms with van der Waals surface area (Å²) in [7, 11) is 0. The molecule has 0 saturated heterocycles. The maximum Gasteiger partial charge on any atom is 0.224 e. The van der Waals surface area contributed by atoms with Crippen LogP contribution in [0.3, 0.4) is 0 Å². The van der Waals surface area contributed by atoms with E-state index in [9.17, 15) is 0 Å². The van der Waals surface area contributed by atoms with Gasteiger partial charge in [-0.2, -0.15) is 5.26 Å². The number of benzene rings is 2. The lowest BCUT2D eigenvalue weighted by Crippen LogP contribution is -2.05. The predicted molar refractivity (Wildman–Crippen MR) is 95.5 cm³/mol. The number of nitriles is 1. The molecule has 2 aromatic carbocycles. The van der Waals surface area contributed by atoms with Gasteiger partial charge in [0.15, 0.2) is 0 Å². The zero-order valence-corrected chi connectivity index (χ0v) is 14.6. The van der Waals surface area contributed by atoms with Crippen molar-refractivity contribution in [2.75, 3.05) is 5.32 Å². The molecule has 0 atom stereocenters. The second-order valence-electron chi connectivity index (χ2n) is 5.06. The van der Waals surface area contributed by atoms with Gasteiger partial charge in [0.05, 0.1) is 17.1 Å². The van der Waals surface area contributed by atoms with Crippen molar-refractivity contribution in [1.29, 1.82) is 5.26 Å². The molecule has 0 radical (unpaired) electrons. The lowest BCUT2D eigenvalue weighted by Gasteiger charge is -2.11. The molecular formula is C17H12BrClN4. The first kappa shape index (κ1) is 15.7. The van der Waals surface area contributed by atoms with E-state index in [2.05, 4.69) is 37.3 Å². The molecule has 0 spiro atoms. The maximum absolute atomic E-state index is 9.12. The van der Waals surface area contributed by atoms with Gasteiger partial charge in [0.2, 0.25) is 5.28 Å². The molecule has 3 aromatic rings. The van der Waals surface area contributed by atoms with Crippen molar-refractivity contribution in [2.24, 2.45) is 0 Å². The number of halogens is 2. The van der Waals surface area contributed by atoms with Crippen LogP contribution in [0.25, 0.3) is 10.9 Å². The Hall–Kier alpha value is -2.16. The van der Waals surface area contributed by atoms with E-state index in [1.165, 1.54) is 0 Å². The van der Waals surface area contributed by atoms with Crippen LogP contribution in [-0.2, 0) is 6.54 Å². The molecule has 4 nitrogen and oxygen atoms in total. The molecule has 0 aliphatic heterocycles. The lowest BCUT2D eigenvalue weighted by atomic mass is 10.0. The number of hydrogen-bond acceptors (Lipinski definition) is 4. The van der Waals surface area contributed by atoms with Crippen LogP contribution in [0.2, 0.25) is 5.28 Å². The largest absolute Gasteiger partial charge is 0.365 e. The van der Waals surface area contributed by atoms with Crippen molar-refractivity contribution in [3.63, 3.8) is 0 Å². The minimum atomic E-state index is 0.199. The fourth-order valence-corrected chi connectivity index (χ4v) is 2.92. The average Bonchev–Trinajstić information content (AvgIpc) is 2.54. The fraction of sp³-hybridized carbons (Fsp3) is 0.118. The highest BCUT2D eigenvalue weighted by Gasteiger charge is 2.09. The van der Waals surface area contributed by atoms with Crippen molar-refractivity contribution >= 4 is 44.3 Å². The predicted octanol–water partition coefficient (Wildman–Crippen LogP) is 4.84. The molecule has 23 heavy (non-hydrogen) atoms. The van der Waals surface area contributed by atoms with Gasteiger partial charge in [-0.3, -0.25) is 0 Å². The third-order valence-electron chi connectivity index (χ3n) is 3.64. The van der Waals surface area contributed by atoms with Crippen molar-refractivity contribution in [3.05, 3.63) is 62.8 Å². The normalized spacial score (nSPS) is 10.5. The SMILES string of the molecule is Cc1c(C#N)cccc1CNc1nc(Cl)nc2ccc(Br)cc12. The summed E-state index contributed by atoms with van der Waals surface area (Å²) in [6.07, 6.45) is 0. The minimum absolute atomic E-state index is 0.199. The van der Waals surface area contributed by atoms with E-state index in [-0.39, 0.29) is 5.28 Å². The number of hydrogen-bond donors (Lipinski definition) is 1. The zero-order chi connectivity index (χ0) is 16.4. The molecule has 1 N–H and O–H groups in total. The highest BCUT2D eigenvalue weighted by atomic mass is 79.9. The molecule has 3 rings (SSSR count). The van der Waals surface area contributed by atoms with Gasteiger partial charge in [0.25, 0.3) is 0 Å². The van der Waals surface area contributed by atoms with Gasteiger partial charge < -0.3 is 5.32 Å². The summed E-state index contributed by atoms with van der Waals surface area (Å²) in [6, 6.07) is 13.6.